The molecule has 0 radical (unpaired) electrons. The van der Waals surface area contributed by atoms with Gasteiger partial charge in [0.1, 0.15) is 37.1 Å². The van der Waals surface area contributed by atoms with Crippen LogP contribution in [0.25, 0.3) is 10.4 Å². The molecule has 2 rings (SSSR count). The molecule has 0 N–H and O–H groups in total. The van der Waals surface area contributed by atoms with Gasteiger partial charge in [0, 0.05) is 32.6 Å². The number of carbonyl (C=O) groups excluding carboxylic acids is 6. The first kappa shape index (κ1) is 35.4. The average molecular weight is 626 g/mol. The zero-order valence-corrected chi connectivity index (χ0v) is 25.3. The van der Waals surface area contributed by atoms with Gasteiger partial charge in [0.15, 0.2) is 24.5 Å². The van der Waals surface area contributed by atoms with Crippen molar-refractivity contribution < 1.29 is 57.2 Å². The van der Waals surface area contributed by atoms with Crippen molar-refractivity contribution in [2.24, 2.45) is 5.11 Å². The summed E-state index contributed by atoms with van der Waals surface area (Å²) in [6.45, 7) is 7.50. The molecule has 1 aliphatic heterocycles. The van der Waals surface area contributed by atoms with E-state index in [1.807, 2.05) is 0 Å². The Balaban J connectivity index is 2.49. The fourth-order valence-electron chi connectivity index (χ4n) is 4.08. The van der Waals surface area contributed by atoms with Crippen molar-refractivity contribution in [3.8, 4) is 0 Å². The zero-order valence-electron chi connectivity index (χ0n) is 25.3. The SMILES string of the molecule is CC(=O)OC[C@H]1O[C@@H](n2cc(CN(CC(=O)OC(C)(C)C)C(=O)CN=[N+]=[N-])nn2)[C@H](OC(C)=O)[C@@H](OC(C)=O)[C@@H]1OC(C)=O. The van der Waals surface area contributed by atoms with Crippen LogP contribution >= 0.6 is 0 Å². The van der Waals surface area contributed by atoms with Gasteiger partial charge in [-0.2, -0.15) is 0 Å². The van der Waals surface area contributed by atoms with E-state index in [1.54, 1.807) is 20.8 Å². The van der Waals surface area contributed by atoms with Gasteiger partial charge in [0.05, 0.1) is 12.7 Å². The lowest BCUT2D eigenvalue weighted by atomic mass is 9.97. The normalized spacial score (nSPS) is 21.2. The lowest BCUT2D eigenvalue weighted by Gasteiger charge is -2.44. The van der Waals surface area contributed by atoms with Crippen LogP contribution in [-0.2, 0) is 63.7 Å². The van der Waals surface area contributed by atoms with Crippen molar-refractivity contribution in [1.29, 1.82) is 0 Å². The Morgan fingerprint density at radius 1 is 0.977 bits per heavy atom. The largest absolute Gasteiger partial charge is 0.463 e. The van der Waals surface area contributed by atoms with E-state index >= 15 is 0 Å². The van der Waals surface area contributed by atoms with Crippen molar-refractivity contribution in [3.63, 3.8) is 0 Å². The van der Waals surface area contributed by atoms with E-state index in [9.17, 15) is 28.8 Å². The molecule has 44 heavy (non-hydrogen) atoms. The van der Waals surface area contributed by atoms with E-state index in [0.29, 0.717) is 0 Å². The quantitative estimate of drug-likeness (QED) is 0.101. The highest BCUT2D eigenvalue weighted by atomic mass is 16.7. The number of azide groups is 1. The number of rotatable bonds is 12. The predicted molar refractivity (Wildman–Crippen MR) is 143 cm³/mol. The molecule has 19 heteroatoms. The van der Waals surface area contributed by atoms with E-state index in [1.165, 1.54) is 6.20 Å². The standard InChI is InChI=1S/C25H35N7O12/c1-13(33)39-12-18-21(40-14(2)34)22(41-15(3)35)23(42-16(4)36)24(43-18)32-10-17(28-30-32)9-31(19(37)8-27-29-26)11-20(38)44-25(5,6)7/h10,18,21-24H,8-9,11-12H2,1-7H3/t18-,21-,22+,23-,24-/m1/s1. The highest BCUT2D eigenvalue weighted by Crippen LogP contribution is 2.34. The molecule has 0 aromatic carbocycles. The Hall–Kier alpha value is -4.77. The minimum Gasteiger partial charge on any atom is -0.463 e. The lowest BCUT2D eigenvalue weighted by Crippen LogP contribution is -2.60. The Labute approximate surface area is 251 Å². The van der Waals surface area contributed by atoms with Gasteiger partial charge in [-0.1, -0.05) is 10.3 Å². The fraction of sp³-hybridized carbons (Fsp3) is 0.680. The van der Waals surface area contributed by atoms with Gasteiger partial charge in [0.2, 0.25) is 5.91 Å². The molecule has 1 saturated heterocycles. The molecule has 0 unspecified atom stereocenters. The van der Waals surface area contributed by atoms with Crippen LogP contribution in [-0.4, -0.2) is 105 Å². The first-order valence-electron chi connectivity index (χ1n) is 13.2. The third-order valence-electron chi connectivity index (χ3n) is 5.50. The molecule has 0 bridgehead atoms. The first-order valence-corrected chi connectivity index (χ1v) is 13.2. The summed E-state index contributed by atoms with van der Waals surface area (Å²) >= 11 is 0. The van der Waals surface area contributed by atoms with Crippen LogP contribution in [0.4, 0.5) is 0 Å². The first-order chi connectivity index (χ1) is 20.5. The second-order valence-electron chi connectivity index (χ2n) is 10.5. The second-order valence-corrected chi connectivity index (χ2v) is 10.5. The van der Waals surface area contributed by atoms with Crippen molar-refractivity contribution in [3.05, 3.63) is 22.3 Å². The maximum atomic E-state index is 12.7. The lowest BCUT2D eigenvalue weighted by molar-refractivity contribution is -0.270. The molecule has 2 heterocycles. The Kier molecular flexibility index (Phi) is 12.6. The number of esters is 5. The zero-order chi connectivity index (χ0) is 33.2. The molecule has 1 aromatic rings. The Morgan fingerprint density at radius 3 is 2.11 bits per heavy atom. The van der Waals surface area contributed by atoms with Gasteiger partial charge in [-0.3, -0.25) is 28.8 Å². The summed E-state index contributed by atoms with van der Waals surface area (Å²) in [4.78, 5) is 76.4. The monoisotopic (exact) mass is 625 g/mol. The number of nitrogens with zero attached hydrogens (tertiary/aromatic N) is 7. The molecule has 1 aromatic heterocycles. The van der Waals surface area contributed by atoms with Crippen LogP contribution in [0.15, 0.2) is 11.3 Å². The molecule has 242 valence electrons. The molecule has 0 saturated carbocycles. The van der Waals surface area contributed by atoms with Gasteiger partial charge < -0.3 is 33.3 Å². The Bertz CT molecular complexity index is 1290. The predicted octanol–water partition coefficient (Wildman–Crippen LogP) is 0.514. The van der Waals surface area contributed by atoms with Crippen LogP contribution in [0.5, 0.6) is 0 Å². The van der Waals surface area contributed by atoms with Crippen LogP contribution in [0.1, 0.15) is 60.4 Å². The molecule has 0 spiro atoms. The highest BCUT2D eigenvalue weighted by molar-refractivity contribution is 5.83. The molecule has 5 atom stereocenters. The third-order valence-corrected chi connectivity index (χ3v) is 5.50. The molecule has 0 aliphatic carbocycles. The number of hydrogen-bond acceptors (Lipinski definition) is 15. The molecule has 19 nitrogen and oxygen atoms in total. The third kappa shape index (κ3) is 11.1. The van der Waals surface area contributed by atoms with Crippen LogP contribution in [0.2, 0.25) is 0 Å². The Morgan fingerprint density at radius 2 is 1.57 bits per heavy atom. The number of carbonyl (C=O) groups is 6. The summed E-state index contributed by atoms with van der Waals surface area (Å²) < 4.78 is 33.6. The summed E-state index contributed by atoms with van der Waals surface area (Å²) in [5.41, 5.74) is 7.89. The van der Waals surface area contributed by atoms with E-state index < -0.39 is 91.7 Å². The van der Waals surface area contributed by atoms with Gasteiger partial charge in [-0.25, -0.2) is 4.68 Å². The van der Waals surface area contributed by atoms with Crippen LogP contribution in [0, 0.1) is 0 Å². The fourth-order valence-corrected chi connectivity index (χ4v) is 4.08. The van der Waals surface area contributed by atoms with Crippen molar-refractivity contribution in [2.75, 3.05) is 19.7 Å². The molecule has 1 fully saturated rings. The topological polar surface area (TPSA) is 241 Å². The summed E-state index contributed by atoms with van der Waals surface area (Å²) in [6, 6.07) is 0. The van der Waals surface area contributed by atoms with Gasteiger partial charge >= 0.3 is 29.8 Å². The van der Waals surface area contributed by atoms with Crippen LogP contribution < -0.4 is 0 Å². The van der Waals surface area contributed by atoms with Crippen molar-refractivity contribution in [2.45, 2.75) is 91.3 Å². The van der Waals surface area contributed by atoms with E-state index in [2.05, 4.69) is 20.3 Å². The summed E-state index contributed by atoms with van der Waals surface area (Å²) in [5, 5.41) is 11.2. The maximum Gasteiger partial charge on any atom is 0.326 e. The molecule has 1 aliphatic rings. The van der Waals surface area contributed by atoms with Crippen molar-refractivity contribution in [1.82, 2.24) is 19.9 Å². The van der Waals surface area contributed by atoms with Gasteiger partial charge in [0.25, 0.3) is 0 Å². The summed E-state index contributed by atoms with van der Waals surface area (Å²) in [7, 11) is 0. The minimum atomic E-state index is -1.45. The van der Waals surface area contributed by atoms with E-state index in [-0.39, 0.29) is 12.2 Å². The average Bonchev–Trinajstić information content (AvgIpc) is 3.34. The maximum absolute atomic E-state index is 12.7. The number of ether oxygens (including phenoxy) is 6. The summed E-state index contributed by atoms with van der Waals surface area (Å²) in [5.74, 6) is -4.55. The molecular weight excluding hydrogens is 590 g/mol. The van der Waals surface area contributed by atoms with Crippen molar-refractivity contribution >= 4 is 35.8 Å². The second kappa shape index (κ2) is 15.6. The minimum absolute atomic E-state index is 0.107. The van der Waals surface area contributed by atoms with Gasteiger partial charge in [-0.15, -0.1) is 5.10 Å². The highest BCUT2D eigenvalue weighted by Gasteiger charge is 2.53. The van der Waals surface area contributed by atoms with E-state index in [0.717, 1.165) is 37.3 Å². The summed E-state index contributed by atoms with van der Waals surface area (Å²) in [6.07, 6.45) is -5.58. The van der Waals surface area contributed by atoms with Gasteiger partial charge in [-0.05, 0) is 26.3 Å². The molecular formula is C25H35N7O12. The smallest absolute Gasteiger partial charge is 0.326 e. The number of aromatic nitrogens is 3. The number of amides is 1. The number of hydrogen-bond donors (Lipinski definition) is 0. The molecule has 1 amide bonds. The van der Waals surface area contributed by atoms with E-state index in [4.69, 9.17) is 34.0 Å². The van der Waals surface area contributed by atoms with Crippen LogP contribution in [0.3, 0.4) is 0 Å².